The maximum atomic E-state index is 12.0. The van der Waals surface area contributed by atoms with Crippen molar-refractivity contribution in [2.45, 2.75) is 30.2 Å². The van der Waals surface area contributed by atoms with Crippen LogP contribution in [0.3, 0.4) is 0 Å². The summed E-state index contributed by atoms with van der Waals surface area (Å²) in [7, 11) is 2.15. The third-order valence-electron chi connectivity index (χ3n) is 3.45. The van der Waals surface area contributed by atoms with Crippen LogP contribution >= 0.6 is 23.1 Å². The van der Waals surface area contributed by atoms with E-state index in [0.29, 0.717) is 5.25 Å². The quantitative estimate of drug-likeness (QED) is 0.865. The van der Waals surface area contributed by atoms with E-state index in [9.17, 15) is 4.79 Å². The van der Waals surface area contributed by atoms with Gasteiger partial charge in [0.15, 0.2) is 5.16 Å². The van der Waals surface area contributed by atoms with E-state index in [0.717, 1.165) is 46.2 Å². The molecule has 1 aliphatic rings. The first-order valence-corrected chi connectivity index (χ1v) is 8.17. The number of aromatic amines is 1. The summed E-state index contributed by atoms with van der Waals surface area (Å²) in [4.78, 5) is 23.8. The Hall–Kier alpha value is -0.850. The van der Waals surface area contributed by atoms with Crippen molar-refractivity contribution in [3.05, 3.63) is 21.3 Å². The van der Waals surface area contributed by atoms with Crippen LogP contribution in [0.4, 0.5) is 0 Å². The Labute approximate surface area is 120 Å². The SMILES string of the molecule is Cc1cc2c(=O)[nH]c(SC3CCN(C)CC3)nc2s1. The lowest BCUT2D eigenvalue weighted by Crippen LogP contribution is -2.31. The molecule has 0 spiro atoms. The van der Waals surface area contributed by atoms with Crippen LogP contribution in [0.1, 0.15) is 17.7 Å². The van der Waals surface area contributed by atoms with Gasteiger partial charge in [0.05, 0.1) is 5.39 Å². The van der Waals surface area contributed by atoms with Crippen LogP contribution < -0.4 is 5.56 Å². The second-order valence-corrected chi connectivity index (χ2v) is 7.59. The Balaban J connectivity index is 1.83. The number of aryl methyl sites for hydroxylation is 1. The summed E-state index contributed by atoms with van der Waals surface area (Å²) in [6, 6.07) is 1.91. The molecule has 0 atom stereocenters. The number of likely N-dealkylation sites (tertiary alicyclic amines) is 1. The van der Waals surface area contributed by atoms with Gasteiger partial charge in [0.1, 0.15) is 4.83 Å². The van der Waals surface area contributed by atoms with E-state index < -0.39 is 0 Å². The Morgan fingerprint density at radius 1 is 1.47 bits per heavy atom. The molecular formula is C13H17N3OS2. The zero-order chi connectivity index (χ0) is 13.4. The number of aromatic nitrogens is 2. The number of rotatable bonds is 2. The van der Waals surface area contributed by atoms with E-state index in [1.807, 2.05) is 13.0 Å². The molecule has 6 heteroatoms. The van der Waals surface area contributed by atoms with Crippen LogP contribution in [-0.2, 0) is 0 Å². The lowest BCUT2D eigenvalue weighted by atomic mass is 10.1. The minimum atomic E-state index is -0.00947. The van der Waals surface area contributed by atoms with Gasteiger partial charge >= 0.3 is 0 Å². The number of H-pyrrole nitrogens is 1. The molecule has 0 radical (unpaired) electrons. The van der Waals surface area contributed by atoms with Gasteiger partial charge in [0, 0.05) is 10.1 Å². The van der Waals surface area contributed by atoms with Gasteiger partial charge in [0.25, 0.3) is 5.56 Å². The minimum Gasteiger partial charge on any atom is -0.306 e. The monoisotopic (exact) mass is 295 g/mol. The summed E-state index contributed by atoms with van der Waals surface area (Å²) in [6.07, 6.45) is 2.32. The summed E-state index contributed by atoms with van der Waals surface area (Å²) in [5.74, 6) is 0. The molecule has 1 aliphatic heterocycles. The smallest absolute Gasteiger partial charge is 0.260 e. The molecule has 0 saturated carbocycles. The average Bonchev–Trinajstić information content (AvgIpc) is 2.73. The molecule has 0 aromatic carbocycles. The van der Waals surface area contributed by atoms with Crippen LogP contribution in [0.15, 0.2) is 16.0 Å². The second-order valence-electron chi connectivity index (χ2n) is 5.07. The molecule has 2 aromatic rings. The normalized spacial score (nSPS) is 18.2. The number of piperidine rings is 1. The summed E-state index contributed by atoms with van der Waals surface area (Å²) in [6.45, 7) is 4.26. The first-order valence-electron chi connectivity index (χ1n) is 6.47. The van der Waals surface area contributed by atoms with Crippen molar-refractivity contribution in [1.82, 2.24) is 14.9 Å². The van der Waals surface area contributed by atoms with Gasteiger partial charge in [-0.2, -0.15) is 0 Å². The highest BCUT2D eigenvalue weighted by atomic mass is 32.2. The summed E-state index contributed by atoms with van der Waals surface area (Å²) in [5.41, 5.74) is -0.00947. The summed E-state index contributed by atoms with van der Waals surface area (Å²) in [5, 5.41) is 2.06. The topological polar surface area (TPSA) is 49.0 Å². The van der Waals surface area contributed by atoms with Crippen LogP contribution in [0.25, 0.3) is 10.2 Å². The van der Waals surface area contributed by atoms with Crippen molar-refractivity contribution in [2.75, 3.05) is 20.1 Å². The number of hydrogen-bond donors (Lipinski definition) is 1. The van der Waals surface area contributed by atoms with E-state index in [-0.39, 0.29) is 5.56 Å². The molecule has 1 saturated heterocycles. The van der Waals surface area contributed by atoms with E-state index in [4.69, 9.17) is 0 Å². The van der Waals surface area contributed by atoms with Crippen molar-refractivity contribution in [2.24, 2.45) is 0 Å². The van der Waals surface area contributed by atoms with Crippen LogP contribution in [0.2, 0.25) is 0 Å². The van der Waals surface area contributed by atoms with Gasteiger partial charge in [-0.25, -0.2) is 4.98 Å². The number of fused-ring (bicyclic) bond motifs is 1. The molecule has 4 nitrogen and oxygen atoms in total. The largest absolute Gasteiger partial charge is 0.306 e. The van der Waals surface area contributed by atoms with Crippen LogP contribution in [-0.4, -0.2) is 40.3 Å². The zero-order valence-corrected chi connectivity index (χ0v) is 12.7. The molecule has 3 heterocycles. The standard InChI is InChI=1S/C13H17N3OS2/c1-8-7-10-11(17)14-13(15-12(10)18-8)19-9-3-5-16(2)6-4-9/h7,9H,3-6H2,1-2H3,(H,14,15,17). The summed E-state index contributed by atoms with van der Waals surface area (Å²) >= 11 is 3.31. The van der Waals surface area contributed by atoms with Crippen molar-refractivity contribution in [3.63, 3.8) is 0 Å². The van der Waals surface area contributed by atoms with E-state index in [1.165, 1.54) is 0 Å². The van der Waals surface area contributed by atoms with Crippen LogP contribution in [0.5, 0.6) is 0 Å². The third kappa shape index (κ3) is 2.85. The maximum absolute atomic E-state index is 12.0. The van der Waals surface area contributed by atoms with E-state index in [1.54, 1.807) is 23.1 Å². The molecule has 3 rings (SSSR count). The molecule has 1 fully saturated rings. The third-order valence-corrected chi connectivity index (χ3v) is 5.61. The molecular weight excluding hydrogens is 278 g/mol. The van der Waals surface area contributed by atoms with Gasteiger partial charge in [-0.15, -0.1) is 11.3 Å². The molecule has 19 heavy (non-hydrogen) atoms. The first-order chi connectivity index (χ1) is 9.11. The number of nitrogens with zero attached hydrogens (tertiary/aromatic N) is 2. The Kier molecular flexibility index (Phi) is 3.64. The molecule has 1 N–H and O–H groups in total. The fraction of sp³-hybridized carbons (Fsp3) is 0.538. The van der Waals surface area contributed by atoms with E-state index in [2.05, 4.69) is 21.9 Å². The van der Waals surface area contributed by atoms with Crippen molar-refractivity contribution in [3.8, 4) is 0 Å². The summed E-state index contributed by atoms with van der Waals surface area (Å²) < 4.78 is 0. The average molecular weight is 295 g/mol. The fourth-order valence-electron chi connectivity index (χ4n) is 2.35. The number of thiophene rings is 1. The highest BCUT2D eigenvalue weighted by Crippen LogP contribution is 2.29. The molecule has 0 amide bonds. The van der Waals surface area contributed by atoms with Crippen molar-refractivity contribution in [1.29, 1.82) is 0 Å². The number of nitrogens with one attached hydrogen (secondary N) is 1. The molecule has 0 aliphatic carbocycles. The Morgan fingerprint density at radius 2 is 2.21 bits per heavy atom. The molecule has 0 unspecified atom stereocenters. The van der Waals surface area contributed by atoms with Gasteiger partial charge in [0.2, 0.25) is 0 Å². The fourth-order valence-corrected chi connectivity index (χ4v) is 4.34. The molecule has 2 aromatic heterocycles. The minimum absolute atomic E-state index is 0.00947. The highest BCUT2D eigenvalue weighted by molar-refractivity contribution is 7.99. The van der Waals surface area contributed by atoms with Gasteiger partial charge < -0.3 is 9.88 Å². The van der Waals surface area contributed by atoms with Crippen molar-refractivity contribution < 1.29 is 0 Å². The van der Waals surface area contributed by atoms with Gasteiger partial charge in [-0.3, -0.25) is 4.79 Å². The lowest BCUT2D eigenvalue weighted by molar-refractivity contribution is 0.282. The predicted molar refractivity (Wildman–Crippen MR) is 81.4 cm³/mol. The van der Waals surface area contributed by atoms with Crippen molar-refractivity contribution >= 4 is 33.3 Å². The zero-order valence-electron chi connectivity index (χ0n) is 11.1. The number of thioether (sulfide) groups is 1. The first kappa shape index (κ1) is 13.1. The Morgan fingerprint density at radius 3 is 2.95 bits per heavy atom. The van der Waals surface area contributed by atoms with E-state index >= 15 is 0 Å². The molecule has 0 bridgehead atoms. The number of hydrogen-bond acceptors (Lipinski definition) is 5. The van der Waals surface area contributed by atoms with Gasteiger partial charge in [-0.1, -0.05) is 11.8 Å². The Bertz CT molecular complexity index is 641. The highest BCUT2D eigenvalue weighted by Gasteiger charge is 2.19. The van der Waals surface area contributed by atoms with Gasteiger partial charge in [-0.05, 0) is 46.0 Å². The van der Waals surface area contributed by atoms with Crippen LogP contribution in [0, 0.1) is 6.92 Å². The predicted octanol–water partition coefficient (Wildman–Crippen LogP) is 2.48. The molecule has 102 valence electrons. The lowest BCUT2D eigenvalue weighted by Gasteiger charge is -2.27. The maximum Gasteiger partial charge on any atom is 0.260 e. The second kappa shape index (κ2) is 5.26.